The van der Waals surface area contributed by atoms with Crippen molar-refractivity contribution < 1.29 is 4.79 Å². The van der Waals surface area contributed by atoms with Gasteiger partial charge in [0.2, 0.25) is 0 Å². The van der Waals surface area contributed by atoms with E-state index in [-0.39, 0.29) is 17.9 Å². The predicted octanol–water partition coefficient (Wildman–Crippen LogP) is 3.54. The van der Waals surface area contributed by atoms with E-state index in [4.69, 9.17) is 11.6 Å². The summed E-state index contributed by atoms with van der Waals surface area (Å²) in [6, 6.07) is 15.9. The third-order valence-electron chi connectivity index (χ3n) is 3.35. The molecule has 0 aliphatic carbocycles. The van der Waals surface area contributed by atoms with Crippen LogP contribution in [0.3, 0.4) is 0 Å². The topological polar surface area (TPSA) is 39.1 Å². The number of aromatic nitrogens is 1. The van der Waals surface area contributed by atoms with Gasteiger partial charge in [-0.05, 0) is 29.7 Å². The molecule has 0 spiro atoms. The van der Waals surface area contributed by atoms with Crippen LogP contribution in [0, 0.1) is 0 Å². The van der Waals surface area contributed by atoms with E-state index in [1.165, 1.54) is 4.57 Å². The van der Waals surface area contributed by atoms with Crippen molar-refractivity contribution >= 4 is 28.2 Å². The Bertz CT molecular complexity index is 883. The maximum atomic E-state index is 12.3. The van der Waals surface area contributed by atoms with Crippen molar-refractivity contribution in [2.45, 2.75) is 6.54 Å². The van der Waals surface area contributed by atoms with Gasteiger partial charge in [-0.2, -0.15) is 0 Å². The summed E-state index contributed by atoms with van der Waals surface area (Å²) in [4.78, 5) is 24.6. The van der Waals surface area contributed by atoms with E-state index in [1.54, 1.807) is 36.5 Å². The third-order valence-corrected chi connectivity index (χ3v) is 3.58. The van der Waals surface area contributed by atoms with Crippen molar-refractivity contribution in [3.63, 3.8) is 0 Å². The molecular weight excluding hydrogens is 286 g/mol. The first-order chi connectivity index (χ1) is 10.1. The molecule has 104 valence electrons. The van der Waals surface area contributed by atoms with Gasteiger partial charge in [0.05, 0.1) is 6.54 Å². The van der Waals surface area contributed by atoms with Gasteiger partial charge in [-0.15, -0.1) is 0 Å². The van der Waals surface area contributed by atoms with Crippen LogP contribution in [0.15, 0.2) is 65.6 Å². The smallest absolute Gasteiger partial charge is 0.258 e. The Kier molecular flexibility index (Phi) is 3.59. The first-order valence-corrected chi connectivity index (χ1v) is 6.90. The van der Waals surface area contributed by atoms with Crippen molar-refractivity contribution in [3.05, 3.63) is 81.7 Å². The number of pyridine rings is 1. The van der Waals surface area contributed by atoms with E-state index in [2.05, 4.69) is 0 Å². The molecule has 0 bridgehead atoms. The summed E-state index contributed by atoms with van der Waals surface area (Å²) in [6.45, 7) is 0.00398. The molecule has 0 amide bonds. The number of rotatable bonds is 3. The summed E-state index contributed by atoms with van der Waals surface area (Å²) in [5.74, 6) is -0.144. The fourth-order valence-electron chi connectivity index (χ4n) is 2.26. The maximum Gasteiger partial charge on any atom is 0.258 e. The van der Waals surface area contributed by atoms with Crippen molar-refractivity contribution in [1.29, 1.82) is 0 Å². The van der Waals surface area contributed by atoms with Gasteiger partial charge in [0.15, 0.2) is 5.78 Å². The summed E-state index contributed by atoms with van der Waals surface area (Å²) in [5, 5.41) is 1.99. The lowest BCUT2D eigenvalue weighted by molar-refractivity contribution is 0.0971. The Morgan fingerprint density at radius 3 is 2.67 bits per heavy atom. The van der Waals surface area contributed by atoms with Crippen molar-refractivity contribution in [2.24, 2.45) is 0 Å². The minimum Gasteiger partial charge on any atom is -0.307 e. The summed E-state index contributed by atoms with van der Waals surface area (Å²) in [6.07, 6.45) is 1.65. The fourth-order valence-corrected chi connectivity index (χ4v) is 2.45. The molecule has 0 aliphatic heterocycles. The number of Topliss-reactive ketones (excluding diaryl/α,β-unsaturated/α-hetero) is 1. The van der Waals surface area contributed by atoms with Crippen LogP contribution in [-0.4, -0.2) is 10.4 Å². The van der Waals surface area contributed by atoms with Crippen molar-refractivity contribution in [1.82, 2.24) is 4.57 Å². The molecule has 0 unspecified atom stereocenters. The van der Waals surface area contributed by atoms with Gasteiger partial charge in [0, 0.05) is 22.2 Å². The van der Waals surface area contributed by atoms with Crippen molar-refractivity contribution in [2.75, 3.05) is 0 Å². The highest BCUT2D eigenvalue weighted by Gasteiger charge is 2.09. The van der Waals surface area contributed by atoms with Crippen LogP contribution >= 0.6 is 11.6 Å². The molecule has 0 N–H and O–H groups in total. The number of halogens is 1. The summed E-state index contributed by atoms with van der Waals surface area (Å²) < 4.78 is 1.42. The monoisotopic (exact) mass is 297 g/mol. The molecule has 4 heteroatoms. The lowest BCUT2D eigenvalue weighted by Gasteiger charge is -2.07. The number of nitrogens with zero attached hydrogens (tertiary/aromatic N) is 1. The molecule has 0 aliphatic rings. The average Bonchev–Trinajstić information content (AvgIpc) is 2.50. The normalized spacial score (nSPS) is 10.7. The minimum atomic E-state index is -0.163. The summed E-state index contributed by atoms with van der Waals surface area (Å²) >= 11 is 5.88. The van der Waals surface area contributed by atoms with E-state index < -0.39 is 0 Å². The van der Waals surface area contributed by atoms with Gasteiger partial charge >= 0.3 is 0 Å². The number of carbonyl (C=O) groups is 1. The maximum absolute atomic E-state index is 12.3. The lowest BCUT2D eigenvalue weighted by atomic mass is 10.1. The largest absolute Gasteiger partial charge is 0.307 e. The Morgan fingerprint density at radius 1 is 1.05 bits per heavy atom. The first kappa shape index (κ1) is 13.6. The van der Waals surface area contributed by atoms with Crippen LogP contribution in [0.4, 0.5) is 0 Å². The number of hydrogen-bond donors (Lipinski definition) is 0. The Balaban J connectivity index is 1.97. The van der Waals surface area contributed by atoms with Crippen LogP contribution in [0.25, 0.3) is 10.8 Å². The van der Waals surface area contributed by atoms with Crippen LogP contribution in [-0.2, 0) is 6.54 Å². The highest BCUT2D eigenvalue weighted by molar-refractivity contribution is 6.31. The van der Waals surface area contributed by atoms with Crippen LogP contribution in [0.2, 0.25) is 5.02 Å². The highest BCUT2D eigenvalue weighted by atomic mass is 35.5. The second-order valence-corrected chi connectivity index (χ2v) is 5.21. The molecule has 2 aromatic carbocycles. The quantitative estimate of drug-likeness (QED) is 0.694. The van der Waals surface area contributed by atoms with Gasteiger partial charge in [0.1, 0.15) is 0 Å². The average molecular weight is 298 g/mol. The van der Waals surface area contributed by atoms with E-state index in [0.29, 0.717) is 16.0 Å². The zero-order valence-electron chi connectivity index (χ0n) is 11.1. The first-order valence-electron chi connectivity index (χ1n) is 6.52. The van der Waals surface area contributed by atoms with Gasteiger partial charge < -0.3 is 4.57 Å². The third kappa shape index (κ3) is 2.73. The molecule has 3 aromatic rings. The Morgan fingerprint density at radius 2 is 1.86 bits per heavy atom. The number of fused-ring (bicyclic) bond motifs is 1. The van der Waals surface area contributed by atoms with Crippen LogP contribution < -0.4 is 5.56 Å². The fraction of sp³-hybridized carbons (Fsp3) is 0.0588. The van der Waals surface area contributed by atoms with Crippen LogP contribution in [0.1, 0.15) is 10.4 Å². The molecule has 0 saturated carbocycles. The molecule has 1 heterocycles. The molecule has 3 nitrogen and oxygen atoms in total. The van der Waals surface area contributed by atoms with E-state index in [1.807, 2.05) is 24.3 Å². The second-order valence-electron chi connectivity index (χ2n) is 4.77. The van der Waals surface area contributed by atoms with Gasteiger partial charge in [-0.3, -0.25) is 9.59 Å². The highest BCUT2D eigenvalue weighted by Crippen LogP contribution is 2.12. The molecule has 0 saturated heterocycles. The standard InChI is InChI=1S/C17H12ClNO2/c18-14-6-3-5-13(10-14)16(20)11-19-9-8-12-4-1-2-7-15(12)17(19)21/h1-10H,11H2. The van der Waals surface area contributed by atoms with Gasteiger partial charge in [0.25, 0.3) is 5.56 Å². The zero-order valence-corrected chi connectivity index (χ0v) is 11.9. The molecule has 0 fully saturated rings. The Hall–Kier alpha value is -2.39. The minimum absolute atomic E-state index is 0.00398. The number of ketones is 1. The van der Waals surface area contributed by atoms with Gasteiger partial charge in [-0.25, -0.2) is 0 Å². The SMILES string of the molecule is O=C(Cn1ccc2ccccc2c1=O)c1cccc(Cl)c1. The molecule has 1 aromatic heterocycles. The van der Waals surface area contributed by atoms with E-state index >= 15 is 0 Å². The molecule has 3 rings (SSSR count). The van der Waals surface area contributed by atoms with Crippen molar-refractivity contribution in [3.8, 4) is 0 Å². The molecule has 0 radical (unpaired) electrons. The number of carbonyl (C=O) groups excluding carboxylic acids is 1. The van der Waals surface area contributed by atoms with Gasteiger partial charge in [-0.1, -0.05) is 41.9 Å². The van der Waals surface area contributed by atoms with E-state index in [0.717, 1.165) is 5.39 Å². The van der Waals surface area contributed by atoms with E-state index in [9.17, 15) is 9.59 Å². The number of hydrogen-bond acceptors (Lipinski definition) is 2. The predicted molar refractivity (Wildman–Crippen MR) is 84.0 cm³/mol. The summed E-state index contributed by atoms with van der Waals surface area (Å²) in [5.41, 5.74) is 0.339. The molecule has 0 atom stereocenters. The molecular formula is C17H12ClNO2. The Labute approximate surface area is 126 Å². The molecule has 21 heavy (non-hydrogen) atoms. The van der Waals surface area contributed by atoms with Crippen LogP contribution in [0.5, 0.6) is 0 Å². The zero-order chi connectivity index (χ0) is 14.8. The number of benzene rings is 2. The second kappa shape index (κ2) is 5.54. The lowest BCUT2D eigenvalue weighted by Crippen LogP contribution is -2.23. The summed E-state index contributed by atoms with van der Waals surface area (Å²) in [7, 11) is 0.